The first-order valence-corrected chi connectivity index (χ1v) is 22.1. The van der Waals surface area contributed by atoms with Gasteiger partial charge >= 0.3 is 0 Å². The zero-order valence-electron chi connectivity index (χ0n) is 35.5. The van der Waals surface area contributed by atoms with Crippen LogP contribution in [0.15, 0.2) is 89.0 Å². The summed E-state index contributed by atoms with van der Waals surface area (Å²) in [5, 5.41) is 40.7. The number of amides is 2. The number of rotatable bonds is 12. The van der Waals surface area contributed by atoms with E-state index in [4.69, 9.17) is 9.26 Å². The molecule has 2 aromatic carbocycles. The number of hydrogen-bond donors (Lipinski definition) is 4. The standard InChI is InChI=1S/C46H50N10O6S/c1-26(2)42(46(60)56-23-34(57)19-38(56)45(59)50-27(3)29-9-11-30(12-10-29)43-28(4)49-25-63-43)40-17-31(53-62-40)24-61-41-18-32(13-14-47-41)54-15-16-55-33(22-54)21-48-44-37(55)20-36(51-52-44)35-7-5-6-8-39(35)58/h5-14,17-18,20,25-27,33-34,38,42,57-58H,15-16,19,21-24H2,1-4H3,(H,48,52)(H,50,59)/t27?,33?,34-,38+,42?/m1/s1. The number of aliphatic hydroxyl groups is 1. The van der Waals surface area contributed by atoms with Crippen LogP contribution in [0.5, 0.6) is 11.6 Å². The minimum absolute atomic E-state index is 0.0401. The number of benzene rings is 2. The molecule has 3 aliphatic rings. The molecular weight excluding hydrogens is 821 g/mol. The number of nitrogens with one attached hydrogen (secondary N) is 2. The van der Waals surface area contributed by atoms with E-state index in [9.17, 15) is 19.8 Å². The van der Waals surface area contributed by atoms with E-state index in [0.717, 1.165) is 58.5 Å². The molecular formula is C46H50N10O6S. The SMILES string of the molecule is Cc1ncsc1-c1ccc(C(C)NC(=O)[C@@H]2C[C@@H](O)CN2C(=O)C(c2cc(COc3cc(N4CCN5c6cc(-c7ccccc7O)nnc6NCC5C4)ccn3)no2)C(C)C)cc1. The molecule has 0 spiro atoms. The summed E-state index contributed by atoms with van der Waals surface area (Å²) in [4.78, 5) is 44.0. The number of aromatic hydroxyl groups is 1. The predicted octanol–water partition coefficient (Wildman–Crippen LogP) is 5.94. The van der Waals surface area contributed by atoms with Gasteiger partial charge in [0.1, 0.15) is 35.8 Å². The number of ether oxygens (including phenoxy) is 1. The van der Waals surface area contributed by atoms with E-state index >= 15 is 0 Å². The maximum Gasteiger partial charge on any atom is 0.243 e. The Morgan fingerprint density at radius 2 is 1.84 bits per heavy atom. The Balaban J connectivity index is 0.818. The number of para-hydroxylation sites is 1. The maximum absolute atomic E-state index is 14.3. The van der Waals surface area contributed by atoms with Gasteiger partial charge in [-0.2, -0.15) is 0 Å². The lowest BCUT2D eigenvalue weighted by atomic mass is 9.91. The van der Waals surface area contributed by atoms with Gasteiger partial charge in [0.15, 0.2) is 5.82 Å². The predicted molar refractivity (Wildman–Crippen MR) is 239 cm³/mol. The van der Waals surface area contributed by atoms with Crippen LogP contribution in [-0.2, 0) is 16.2 Å². The highest BCUT2D eigenvalue weighted by Crippen LogP contribution is 2.37. The lowest BCUT2D eigenvalue weighted by molar-refractivity contribution is -0.141. The smallest absolute Gasteiger partial charge is 0.243 e. The summed E-state index contributed by atoms with van der Waals surface area (Å²) in [5.41, 5.74) is 8.46. The molecule has 5 atom stereocenters. The van der Waals surface area contributed by atoms with Crippen molar-refractivity contribution in [3.05, 3.63) is 107 Å². The highest BCUT2D eigenvalue weighted by molar-refractivity contribution is 7.13. The normalized spacial score (nSPS) is 19.3. The number of carbonyl (C=O) groups is 2. The van der Waals surface area contributed by atoms with Crippen molar-refractivity contribution in [3.8, 4) is 33.3 Å². The highest BCUT2D eigenvalue weighted by Gasteiger charge is 2.43. The van der Waals surface area contributed by atoms with Crippen LogP contribution in [0.4, 0.5) is 17.2 Å². The fraction of sp³-hybridized carbons (Fsp3) is 0.370. The number of aryl methyl sites for hydroxylation is 1. The molecule has 2 fully saturated rings. The van der Waals surface area contributed by atoms with Gasteiger partial charge in [0, 0.05) is 68.7 Å². The average molecular weight is 871 g/mol. The summed E-state index contributed by atoms with van der Waals surface area (Å²) in [6.45, 7) is 10.8. The molecule has 2 saturated heterocycles. The molecule has 0 bridgehead atoms. The van der Waals surface area contributed by atoms with Crippen molar-refractivity contribution in [2.24, 2.45) is 5.92 Å². The summed E-state index contributed by atoms with van der Waals surface area (Å²) < 4.78 is 11.9. The largest absolute Gasteiger partial charge is 0.507 e. The summed E-state index contributed by atoms with van der Waals surface area (Å²) in [5.74, 6) is 0.107. The van der Waals surface area contributed by atoms with Gasteiger partial charge in [-0.25, -0.2) is 9.97 Å². The number of fused-ring (bicyclic) bond motifs is 3. The number of nitrogens with zero attached hydrogens (tertiary/aromatic N) is 8. The van der Waals surface area contributed by atoms with Gasteiger partial charge in [0.25, 0.3) is 0 Å². The average Bonchev–Trinajstić information content (AvgIpc) is 4.05. The van der Waals surface area contributed by atoms with Gasteiger partial charge in [0.05, 0.1) is 45.7 Å². The third-order valence-corrected chi connectivity index (χ3v) is 13.1. The molecule has 16 nitrogen and oxygen atoms in total. The van der Waals surface area contributed by atoms with Gasteiger partial charge in [-0.3, -0.25) is 9.59 Å². The van der Waals surface area contributed by atoms with E-state index in [2.05, 4.69) is 45.8 Å². The molecule has 7 heterocycles. The third kappa shape index (κ3) is 8.62. The monoisotopic (exact) mass is 870 g/mol. The Hall–Kier alpha value is -6.59. The second-order valence-corrected chi connectivity index (χ2v) is 17.6. The Morgan fingerprint density at radius 3 is 2.62 bits per heavy atom. The van der Waals surface area contributed by atoms with E-state index in [1.807, 2.05) is 87.8 Å². The van der Waals surface area contributed by atoms with Crippen molar-refractivity contribution in [1.82, 2.24) is 35.5 Å². The molecule has 3 aliphatic heterocycles. The number of pyridine rings is 1. The molecule has 3 unspecified atom stereocenters. The summed E-state index contributed by atoms with van der Waals surface area (Å²) in [7, 11) is 0. The molecule has 0 saturated carbocycles. The molecule has 4 N–H and O–H groups in total. The van der Waals surface area contributed by atoms with Crippen LogP contribution in [0.1, 0.15) is 61.9 Å². The van der Waals surface area contributed by atoms with Crippen LogP contribution in [0.3, 0.4) is 0 Å². The van der Waals surface area contributed by atoms with Gasteiger partial charge in [-0.15, -0.1) is 21.5 Å². The van der Waals surface area contributed by atoms with Crippen LogP contribution in [-0.4, -0.2) is 103 Å². The van der Waals surface area contributed by atoms with Crippen molar-refractivity contribution >= 4 is 40.3 Å². The fourth-order valence-electron chi connectivity index (χ4n) is 8.82. The van der Waals surface area contributed by atoms with E-state index in [1.54, 1.807) is 35.7 Å². The molecule has 9 rings (SSSR count). The number of phenolic OH excluding ortho intramolecular Hbond substituents is 1. The minimum atomic E-state index is -0.843. The van der Waals surface area contributed by atoms with E-state index in [0.29, 0.717) is 35.1 Å². The van der Waals surface area contributed by atoms with Crippen LogP contribution in [0.2, 0.25) is 0 Å². The first kappa shape index (κ1) is 41.7. The second-order valence-electron chi connectivity index (χ2n) is 16.8. The number of phenols is 1. The second kappa shape index (κ2) is 17.6. The van der Waals surface area contributed by atoms with Crippen molar-refractivity contribution < 1.29 is 29.1 Å². The first-order chi connectivity index (χ1) is 30.5. The fourth-order valence-corrected chi connectivity index (χ4v) is 9.64. The zero-order valence-corrected chi connectivity index (χ0v) is 36.3. The van der Waals surface area contributed by atoms with Crippen LogP contribution < -0.4 is 25.2 Å². The Kier molecular flexibility index (Phi) is 11.7. The quantitative estimate of drug-likeness (QED) is 0.113. The Labute approximate surface area is 368 Å². The van der Waals surface area contributed by atoms with Crippen molar-refractivity contribution in [1.29, 1.82) is 0 Å². The van der Waals surface area contributed by atoms with Crippen molar-refractivity contribution in [2.45, 2.75) is 70.9 Å². The molecule has 2 amide bonds. The van der Waals surface area contributed by atoms with E-state index < -0.39 is 18.1 Å². The number of thiazole rings is 1. The molecule has 63 heavy (non-hydrogen) atoms. The number of carbonyl (C=O) groups excluding carboxylic acids is 2. The van der Waals surface area contributed by atoms with E-state index in [1.165, 1.54) is 4.90 Å². The number of piperazine rings is 1. The molecule has 0 radical (unpaired) electrons. The number of β-amino-alcohol motifs (C(OH)–C–C–N with tert-alkyl or cyclic N) is 1. The summed E-state index contributed by atoms with van der Waals surface area (Å²) in [6, 6.07) is 21.7. The number of anilines is 3. The Morgan fingerprint density at radius 1 is 1.02 bits per heavy atom. The molecule has 326 valence electrons. The lowest BCUT2D eigenvalue weighted by Gasteiger charge is -2.46. The number of hydrogen-bond acceptors (Lipinski definition) is 15. The summed E-state index contributed by atoms with van der Waals surface area (Å²) >= 11 is 1.59. The first-order valence-electron chi connectivity index (χ1n) is 21.3. The van der Waals surface area contributed by atoms with Gasteiger partial charge in [-0.1, -0.05) is 55.4 Å². The topological polar surface area (TPSA) is 195 Å². The highest BCUT2D eigenvalue weighted by atomic mass is 32.1. The molecule has 6 aromatic rings. The zero-order chi connectivity index (χ0) is 43.8. The molecule has 4 aromatic heterocycles. The minimum Gasteiger partial charge on any atom is -0.507 e. The number of aliphatic hydroxyl groups excluding tert-OH is 1. The lowest BCUT2D eigenvalue weighted by Crippen LogP contribution is -2.58. The Bertz CT molecular complexity index is 2600. The van der Waals surface area contributed by atoms with Gasteiger partial charge < -0.3 is 44.8 Å². The van der Waals surface area contributed by atoms with E-state index in [-0.39, 0.29) is 55.1 Å². The van der Waals surface area contributed by atoms with Gasteiger partial charge in [-0.05, 0) is 55.2 Å². The van der Waals surface area contributed by atoms with Crippen LogP contribution in [0, 0.1) is 12.8 Å². The number of likely N-dealkylation sites (tertiary alicyclic amines) is 1. The van der Waals surface area contributed by atoms with Crippen molar-refractivity contribution in [3.63, 3.8) is 0 Å². The maximum atomic E-state index is 14.3. The molecule has 0 aliphatic carbocycles. The van der Waals surface area contributed by atoms with Crippen LogP contribution >= 0.6 is 11.3 Å². The van der Waals surface area contributed by atoms with Crippen LogP contribution in [0.25, 0.3) is 21.7 Å². The third-order valence-electron chi connectivity index (χ3n) is 12.2. The summed E-state index contributed by atoms with van der Waals surface area (Å²) in [6.07, 6.45) is 1.02. The van der Waals surface area contributed by atoms with Gasteiger partial charge in [0.2, 0.25) is 17.7 Å². The van der Waals surface area contributed by atoms with Crippen molar-refractivity contribution in [2.75, 3.05) is 47.8 Å². The number of aromatic nitrogens is 5. The molecule has 17 heteroatoms.